The summed E-state index contributed by atoms with van der Waals surface area (Å²) in [6.07, 6.45) is 3.52. The molecule has 2 aromatic heterocycles. The van der Waals surface area contributed by atoms with Gasteiger partial charge in [0.2, 0.25) is 0 Å². The Morgan fingerprint density at radius 1 is 1.53 bits per heavy atom. The average Bonchev–Trinajstić information content (AvgIpc) is 2.74. The fourth-order valence-electron chi connectivity index (χ4n) is 1.67. The highest BCUT2D eigenvalue weighted by atomic mass is 16.6. The van der Waals surface area contributed by atoms with Crippen LogP contribution in [0.2, 0.25) is 0 Å². The molecular weight excluding hydrogens is 248 g/mol. The summed E-state index contributed by atoms with van der Waals surface area (Å²) in [5.74, 6) is 1.39. The second kappa shape index (κ2) is 4.92. The molecule has 8 heteroatoms. The highest BCUT2D eigenvalue weighted by Gasteiger charge is 2.13. The average molecular weight is 262 g/mol. The molecule has 2 N–H and O–H groups in total. The lowest BCUT2D eigenvalue weighted by molar-refractivity contribution is -0.384. The van der Waals surface area contributed by atoms with Gasteiger partial charge in [0.25, 0.3) is 5.69 Å². The fraction of sp³-hybridized carbons (Fsp3) is 0.273. The van der Waals surface area contributed by atoms with Gasteiger partial charge in [-0.1, -0.05) is 0 Å². The number of nitrogens with two attached hydrogens (primary N) is 1. The van der Waals surface area contributed by atoms with Crippen molar-refractivity contribution in [2.75, 3.05) is 17.7 Å². The molecule has 0 aliphatic rings. The summed E-state index contributed by atoms with van der Waals surface area (Å²) >= 11 is 0. The molecule has 100 valence electrons. The summed E-state index contributed by atoms with van der Waals surface area (Å²) < 4.78 is 1.87. The second-order valence-electron chi connectivity index (χ2n) is 4.18. The van der Waals surface area contributed by atoms with E-state index in [2.05, 4.69) is 9.97 Å². The van der Waals surface area contributed by atoms with E-state index in [0.29, 0.717) is 12.4 Å². The highest BCUT2D eigenvalue weighted by molar-refractivity contribution is 5.53. The van der Waals surface area contributed by atoms with Crippen LogP contribution in [-0.4, -0.2) is 26.5 Å². The van der Waals surface area contributed by atoms with Crippen molar-refractivity contribution in [2.24, 2.45) is 7.05 Å². The second-order valence-corrected chi connectivity index (χ2v) is 4.18. The zero-order valence-corrected chi connectivity index (χ0v) is 10.6. The van der Waals surface area contributed by atoms with E-state index in [9.17, 15) is 10.1 Å². The zero-order chi connectivity index (χ0) is 14.0. The van der Waals surface area contributed by atoms with Crippen molar-refractivity contribution < 1.29 is 4.92 Å². The largest absolute Gasteiger partial charge is 0.383 e. The van der Waals surface area contributed by atoms with E-state index < -0.39 is 4.92 Å². The van der Waals surface area contributed by atoms with E-state index in [1.54, 1.807) is 18.1 Å². The van der Waals surface area contributed by atoms with Crippen LogP contribution in [0.5, 0.6) is 0 Å². The number of anilines is 2. The molecule has 0 fully saturated rings. The first kappa shape index (κ1) is 12.8. The summed E-state index contributed by atoms with van der Waals surface area (Å²) in [7, 11) is 3.66. The lowest BCUT2D eigenvalue weighted by atomic mass is 10.3. The number of nitrogen functional groups attached to an aromatic ring is 1. The molecule has 2 rings (SSSR count). The van der Waals surface area contributed by atoms with E-state index in [1.807, 2.05) is 17.8 Å². The number of nitrogens with zero attached hydrogens (tertiary/aromatic N) is 5. The molecule has 0 spiro atoms. The minimum atomic E-state index is -0.490. The van der Waals surface area contributed by atoms with Gasteiger partial charge in [-0.15, -0.1) is 0 Å². The van der Waals surface area contributed by atoms with Crippen LogP contribution in [0.15, 0.2) is 24.5 Å². The molecule has 0 unspecified atom stereocenters. The molecular formula is C11H14N6O2. The smallest absolute Gasteiger partial charge is 0.276 e. The molecule has 0 bridgehead atoms. The van der Waals surface area contributed by atoms with Crippen molar-refractivity contribution in [3.8, 4) is 0 Å². The number of hydrogen-bond acceptors (Lipinski definition) is 6. The van der Waals surface area contributed by atoms with Gasteiger partial charge in [-0.2, -0.15) is 0 Å². The van der Waals surface area contributed by atoms with E-state index >= 15 is 0 Å². The van der Waals surface area contributed by atoms with Crippen LogP contribution in [0, 0.1) is 10.1 Å². The molecule has 19 heavy (non-hydrogen) atoms. The fourth-order valence-corrected chi connectivity index (χ4v) is 1.67. The van der Waals surface area contributed by atoms with E-state index in [0.717, 1.165) is 5.82 Å². The van der Waals surface area contributed by atoms with E-state index in [1.165, 1.54) is 12.1 Å². The van der Waals surface area contributed by atoms with Crippen molar-refractivity contribution >= 4 is 17.3 Å². The Kier molecular flexibility index (Phi) is 3.32. The molecule has 2 aromatic rings. The highest BCUT2D eigenvalue weighted by Crippen LogP contribution is 2.21. The Morgan fingerprint density at radius 3 is 2.84 bits per heavy atom. The maximum absolute atomic E-state index is 10.8. The molecule has 8 nitrogen and oxygen atoms in total. The van der Waals surface area contributed by atoms with Crippen LogP contribution >= 0.6 is 0 Å². The number of rotatable bonds is 4. The molecule has 0 atom stereocenters. The Morgan fingerprint density at radius 2 is 2.26 bits per heavy atom. The number of pyridine rings is 1. The van der Waals surface area contributed by atoms with Gasteiger partial charge in [-0.05, 0) is 0 Å². The van der Waals surface area contributed by atoms with Crippen LogP contribution < -0.4 is 10.6 Å². The molecule has 2 heterocycles. The minimum Gasteiger partial charge on any atom is -0.383 e. The van der Waals surface area contributed by atoms with Gasteiger partial charge < -0.3 is 15.2 Å². The SMILES string of the molecule is CN(Cc1nccn1C)c1cc([N+](=O)[O-])cc(N)n1. The van der Waals surface area contributed by atoms with Gasteiger partial charge in [-0.25, -0.2) is 9.97 Å². The topological polar surface area (TPSA) is 103 Å². The third-order valence-corrected chi connectivity index (χ3v) is 2.72. The Balaban J connectivity index is 2.26. The summed E-state index contributed by atoms with van der Waals surface area (Å²) in [6, 6.07) is 2.62. The Hall–Kier alpha value is -2.64. The van der Waals surface area contributed by atoms with Crippen LogP contribution in [0.4, 0.5) is 17.3 Å². The number of aromatic nitrogens is 3. The van der Waals surface area contributed by atoms with Gasteiger partial charge in [0, 0.05) is 26.5 Å². The molecule has 0 aliphatic heterocycles. The predicted molar refractivity (Wildman–Crippen MR) is 70.6 cm³/mol. The maximum Gasteiger partial charge on any atom is 0.276 e. The van der Waals surface area contributed by atoms with Gasteiger partial charge in [0.05, 0.1) is 23.6 Å². The Bertz CT molecular complexity index is 609. The zero-order valence-electron chi connectivity index (χ0n) is 10.6. The Labute approximate surface area is 109 Å². The van der Waals surface area contributed by atoms with Crippen molar-refractivity contribution in [1.82, 2.24) is 14.5 Å². The third-order valence-electron chi connectivity index (χ3n) is 2.72. The number of aryl methyl sites for hydroxylation is 1. The summed E-state index contributed by atoms with van der Waals surface area (Å²) in [4.78, 5) is 20.3. The van der Waals surface area contributed by atoms with E-state index in [-0.39, 0.29) is 11.5 Å². The standard InChI is InChI=1S/C11H14N6O2/c1-15-4-3-13-11(15)7-16(2)10-6-8(17(18)19)5-9(12)14-10/h3-6H,7H2,1-2H3,(H2,12,14). The summed E-state index contributed by atoms with van der Waals surface area (Å²) in [5.41, 5.74) is 5.50. The normalized spacial score (nSPS) is 10.4. The van der Waals surface area contributed by atoms with Gasteiger partial charge >= 0.3 is 0 Å². The number of imidazole rings is 1. The molecule has 0 aromatic carbocycles. The van der Waals surface area contributed by atoms with Crippen molar-refractivity contribution in [1.29, 1.82) is 0 Å². The van der Waals surface area contributed by atoms with Crippen molar-refractivity contribution in [2.45, 2.75) is 6.54 Å². The first-order valence-electron chi connectivity index (χ1n) is 5.56. The van der Waals surface area contributed by atoms with Crippen LogP contribution in [0.25, 0.3) is 0 Å². The minimum absolute atomic E-state index is 0.0748. The quantitative estimate of drug-likeness (QED) is 0.649. The number of hydrogen-bond donors (Lipinski definition) is 1. The van der Waals surface area contributed by atoms with Gasteiger partial charge in [0.1, 0.15) is 17.5 Å². The molecule has 0 aliphatic carbocycles. The third kappa shape index (κ3) is 2.79. The molecule has 0 saturated heterocycles. The maximum atomic E-state index is 10.8. The lowest BCUT2D eigenvalue weighted by Crippen LogP contribution is -2.20. The van der Waals surface area contributed by atoms with Crippen molar-refractivity contribution in [3.05, 3.63) is 40.5 Å². The lowest BCUT2D eigenvalue weighted by Gasteiger charge is -2.17. The number of nitro groups is 1. The van der Waals surface area contributed by atoms with Crippen molar-refractivity contribution in [3.63, 3.8) is 0 Å². The molecule has 0 amide bonds. The molecule has 0 saturated carbocycles. The first-order chi connectivity index (χ1) is 8.97. The van der Waals surface area contributed by atoms with Gasteiger partial charge in [-0.3, -0.25) is 10.1 Å². The predicted octanol–water partition coefficient (Wildman–Crippen LogP) is 0.942. The molecule has 0 radical (unpaired) electrons. The van der Waals surface area contributed by atoms with Crippen LogP contribution in [-0.2, 0) is 13.6 Å². The first-order valence-corrected chi connectivity index (χ1v) is 5.56. The van der Waals surface area contributed by atoms with Crippen LogP contribution in [0.1, 0.15) is 5.82 Å². The van der Waals surface area contributed by atoms with E-state index in [4.69, 9.17) is 5.73 Å². The van der Waals surface area contributed by atoms with Crippen LogP contribution in [0.3, 0.4) is 0 Å². The monoisotopic (exact) mass is 262 g/mol. The summed E-state index contributed by atoms with van der Waals surface area (Å²) in [5, 5.41) is 10.8. The summed E-state index contributed by atoms with van der Waals surface area (Å²) in [6.45, 7) is 0.483. The van der Waals surface area contributed by atoms with Gasteiger partial charge in [0.15, 0.2) is 0 Å².